The lowest BCUT2D eigenvalue weighted by atomic mass is 10.2. The molecule has 90 valence electrons. The van der Waals surface area contributed by atoms with Crippen molar-refractivity contribution in [2.24, 2.45) is 0 Å². The van der Waals surface area contributed by atoms with Crippen LogP contribution in [-0.4, -0.2) is 32.4 Å². The van der Waals surface area contributed by atoms with Crippen molar-refractivity contribution in [3.05, 3.63) is 30.4 Å². The molecule has 0 atom stereocenters. The molecule has 0 saturated carbocycles. The van der Waals surface area contributed by atoms with Crippen LogP contribution in [0.1, 0.15) is 31.4 Å². The first-order valence-electron chi connectivity index (χ1n) is 6.43. The zero-order valence-corrected chi connectivity index (χ0v) is 10.0. The average Bonchev–Trinajstić information content (AvgIpc) is 2.57. The zero-order valence-electron chi connectivity index (χ0n) is 10.0. The third-order valence-electron chi connectivity index (χ3n) is 3.37. The number of nitrogens with zero attached hydrogens (tertiary/aromatic N) is 4. The minimum absolute atomic E-state index is 0.803. The molecule has 4 nitrogen and oxygen atoms in total. The van der Waals surface area contributed by atoms with Gasteiger partial charge in [-0.25, -0.2) is 9.97 Å². The highest BCUT2D eigenvalue weighted by Gasteiger charge is 2.11. The fourth-order valence-electron chi connectivity index (χ4n) is 2.48. The number of hydrogen-bond acceptors (Lipinski definition) is 3. The van der Waals surface area contributed by atoms with E-state index < -0.39 is 0 Å². The van der Waals surface area contributed by atoms with E-state index in [2.05, 4.69) is 21.1 Å². The minimum Gasteiger partial charge on any atom is -0.297 e. The summed E-state index contributed by atoms with van der Waals surface area (Å²) < 4.78 is 1.99. The van der Waals surface area contributed by atoms with Crippen LogP contribution < -0.4 is 0 Å². The monoisotopic (exact) mass is 230 g/mol. The molecule has 17 heavy (non-hydrogen) atoms. The van der Waals surface area contributed by atoms with Crippen LogP contribution in [-0.2, 0) is 6.54 Å². The third-order valence-corrected chi connectivity index (χ3v) is 3.37. The molecule has 1 fully saturated rings. The number of likely N-dealkylation sites (tertiary alicyclic amines) is 1. The van der Waals surface area contributed by atoms with Gasteiger partial charge in [0.25, 0.3) is 0 Å². The standard InChI is InChI=1S/C13H18N4/c1-2-4-8-16(7-3-1)10-12-11-17-9-5-6-14-13(17)15-12/h5-6,9,11H,1-4,7-8,10H2. The van der Waals surface area contributed by atoms with E-state index in [1.54, 1.807) is 6.20 Å². The molecule has 0 amide bonds. The third kappa shape index (κ3) is 2.47. The van der Waals surface area contributed by atoms with Gasteiger partial charge in [0.1, 0.15) is 0 Å². The molecule has 1 aliphatic heterocycles. The Kier molecular flexibility index (Phi) is 3.05. The van der Waals surface area contributed by atoms with Gasteiger partial charge >= 0.3 is 0 Å². The first kappa shape index (κ1) is 10.7. The maximum Gasteiger partial charge on any atom is 0.233 e. The van der Waals surface area contributed by atoms with Gasteiger partial charge in [0.2, 0.25) is 5.78 Å². The maximum absolute atomic E-state index is 4.55. The molecule has 0 bridgehead atoms. The molecule has 1 saturated heterocycles. The van der Waals surface area contributed by atoms with E-state index in [1.807, 2.05) is 16.7 Å². The van der Waals surface area contributed by atoms with Crippen LogP contribution in [0.15, 0.2) is 24.7 Å². The van der Waals surface area contributed by atoms with E-state index in [9.17, 15) is 0 Å². The number of imidazole rings is 1. The Balaban J connectivity index is 1.75. The van der Waals surface area contributed by atoms with E-state index in [0.717, 1.165) is 18.0 Å². The van der Waals surface area contributed by atoms with E-state index in [4.69, 9.17) is 0 Å². The normalized spacial score (nSPS) is 18.4. The Morgan fingerprint density at radius 2 is 1.94 bits per heavy atom. The Morgan fingerprint density at radius 3 is 2.71 bits per heavy atom. The van der Waals surface area contributed by atoms with Gasteiger partial charge in [0.15, 0.2) is 0 Å². The first-order valence-corrected chi connectivity index (χ1v) is 6.43. The molecular formula is C13H18N4. The molecule has 0 aliphatic carbocycles. The van der Waals surface area contributed by atoms with Crippen molar-refractivity contribution in [2.75, 3.05) is 13.1 Å². The Bertz CT molecular complexity index is 450. The number of aromatic nitrogens is 3. The predicted molar refractivity (Wildman–Crippen MR) is 66.7 cm³/mol. The Morgan fingerprint density at radius 1 is 1.12 bits per heavy atom. The van der Waals surface area contributed by atoms with Crippen molar-refractivity contribution >= 4 is 5.78 Å². The maximum atomic E-state index is 4.55. The lowest BCUT2D eigenvalue weighted by Crippen LogP contribution is -2.24. The summed E-state index contributed by atoms with van der Waals surface area (Å²) in [6, 6.07) is 1.93. The minimum atomic E-state index is 0.803. The van der Waals surface area contributed by atoms with Gasteiger partial charge in [-0.1, -0.05) is 12.8 Å². The molecule has 1 aliphatic rings. The molecule has 0 N–H and O–H groups in total. The van der Waals surface area contributed by atoms with Gasteiger partial charge in [-0.05, 0) is 32.0 Å². The summed E-state index contributed by atoms with van der Waals surface area (Å²) >= 11 is 0. The van der Waals surface area contributed by atoms with Crippen molar-refractivity contribution in [1.29, 1.82) is 0 Å². The highest BCUT2D eigenvalue weighted by molar-refractivity contribution is 5.29. The quantitative estimate of drug-likeness (QED) is 0.792. The topological polar surface area (TPSA) is 33.4 Å². The van der Waals surface area contributed by atoms with Gasteiger partial charge in [-0.3, -0.25) is 9.30 Å². The average molecular weight is 230 g/mol. The van der Waals surface area contributed by atoms with E-state index in [-0.39, 0.29) is 0 Å². The number of hydrogen-bond donors (Lipinski definition) is 0. The summed E-state index contributed by atoms with van der Waals surface area (Å²) in [6.07, 6.45) is 11.3. The molecule has 2 aromatic heterocycles. The smallest absolute Gasteiger partial charge is 0.233 e. The second kappa shape index (κ2) is 4.84. The first-order chi connectivity index (χ1) is 8.42. The summed E-state index contributed by atoms with van der Waals surface area (Å²) in [4.78, 5) is 11.3. The molecule has 0 spiro atoms. The highest BCUT2D eigenvalue weighted by Crippen LogP contribution is 2.12. The van der Waals surface area contributed by atoms with E-state index >= 15 is 0 Å². The SMILES string of the molecule is c1cnc2nc(CN3CCCCCC3)cn2c1. The van der Waals surface area contributed by atoms with Crippen molar-refractivity contribution in [1.82, 2.24) is 19.3 Å². The van der Waals surface area contributed by atoms with Gasteiger partial charge in [-0.2, -0.15) is 0 Å². The number of fused-ring (bicyclic) bond motifs is 1. The highest BCUT2D eigenvalue weighted by atomic mass is 15.2. The van der Waals surface area contributed by atoms with Gasteiger partial charge in [0.05, 0.1) is 5.69 Å². The van der Waals surface area contributed by atoms with Crippen LogP contribution in [0.2, 0.25) is 0 Å². The zero-order chi connectivity index (χ0) is 11.5. The molecule has 0 aromatic carbocycles. The summed E-state index contributed by atoms with van der Waals surface area (Å²) in [6.45, 7) is 3.38. The Hall–Kier alpha value is -1.42. The Labute approximate surface area is 101 Å². The van der Waals surface area contributed by atoms with Gasteiger partial charge < -0.3 is 0 Å². The van der Waals surface area contributed by atoms with E-state index in [0.29, 0.717) is 0 Å². The second-order valence-electron chi connectivity index (χ2n) is 4.75. The lowest BCUT2D eigenvalue weighted by molar-refractivity contribution is 0.274. The van der Waals surface area contributed by atoms with Crippen LogP contribution in [0.3, 0.4) is 0 Å². The second-order valence-corrected chi connectivity index (χ2v) is 4.75. The van der Waals surface area contributed by atoms with Crippen molar-refractivity contribution in [2.45, 2.75) is 32.2 Å². The summed E-state index contributed by atoms with van der Waals surface area (Å²) in [5.41, 5.74) is 1.13. The van der Waals surface area contributed by atoms with Gasteiger partial charge in [-0.15, -0.1) is 0 Å². The summed E-state index contributed by atoms with van der Waals surface area (Å²) in [5.74, 6) is 0.803. The molecule has 3 heterocycles. The van der Waals surface area contributed by atoms with Crippen LogP contribution >= 0.6 is 0 Å². The summed E-state index contributed by atoms with van der Waals surface area (Å²) in [5, 5.41) is 0. The van der Waals surface area contributed by atoms with Crippen molar-refractivity contribution in [3.63, 3.8) is 0 Å². The fraction of sp³-hybridized carbons (Fsp3) is 0.538. The summed E-state index contributed by atoms with van der Waals surface area (Å²) in [7, 11) is 0. The predicted octanol–water partition coefficient (Wildman–Crippen LogP) is 2.11. The lowest BCUT2D eigenvalue weighted by Gasteiger charge is -2.17. The molecule has 2 aromatic rings. The molecule has 4 heteroatoms. The van der Waals surface area contributed by atoms with Crippen molar-refractivity contribution in [3.8, 4) is 0 Å². The molecule has 0 radical (unpaired) electrons. The number of rotatable bonds is 2. The van der Waals surface area contributed by atoms with Crippen LogP contribution in [0.5, 0.6) is 0 Å². The van der Waals surface area contributed by atoms with Crippen LogP contribution in [0, 0.1) is 0 Å². The fourth-order valence-corrected chi connectivity index (χ4v) is 2.48. The molecule has 3 rings (SSSR count). The van der Waals surface area contributed by atoms with Gasteiger partial charge in [0, 0.05) is 25.1 Å². The molecule has 0 unspecified atom stereocenters. The molecular weight excluding hydrogens is 212 g/mol. The van der Waals surface area contributed by atoms with E-state index in [1.165, 1.54) is 38.8 Å². The van der Waals surface area contributed by atoms with Crippen LogP contribution in [0.4, 0.5) is 0 Å². The van der Waals surface area contributed by atoms with Crippen LogP contribution in [0.25, 0.3) is 5.78 Å². The largest absolute Gasteiger partial charge is 0.297 e. The van der Waals surface area contributed by atoms with Crippen molar-refractivity contribution < 1.29 is 0 Å².